The van der Waals surface area contributed by atoms with Gasteiger partial charge in [0.1, 0.15) is 37.4 Å². The Kier molecular flexibility index (Phi) is 7.36. The third-order valence-corrected chi connectivity index (χ3v) is 6.63. The maximum Gasteiger partial charge on any atom is 0.137 e. The van der Waals surface area contributed by atoms with Crippen LogP contribution < -0.4 is 4.74 Å². The smallest absolute Gasteiger partial charge is 0.137 e. The summed E-state index contributed by atoms with van der Waals surface area (Å²) in [4.78, 5) is 0. The molecule has 32 heavy (non-hydrogen) atoms. The first-order valence-electron chi connectivity index (χ1n) is 11.9. The summed E-state index contributed by atoms with van der Waals surface area (Å²) in [6, 6.07) is 13.2. The molecule has 2 aromatic rings. The number of rotatable bonds is 7. The highest BCUT2D eigenvalue weighted by atomic mass is 19.1. The van der Waals surface area contributed by atoms with E-state index in [-0.39, 0.29) is 23.3 Å². The maximum atomic E-state index is 13.3. The van der Waals surface area contributed by atoms with Crippen LogP contribution in [0.3, 0.4) is 0 Å². The molecule has 0 spiro atoms. The molecule has 0 aliphatic carbocycles. The van der Waals surface area contributed by atoms with E-state index in [1.54, 1.807) is 0 Å². The van der Waals surface area contributed by atoms with Crippen molar-refractivity contribution >= 4 is 0 Å². The van der Waals surface area contributed by atoms with Gasteiger partial charge in [0, 0.05) is 18.4 Å². The van der Waals surface area contributed by atoms with Gasteiger partial charge < -0.3 is 14.3 Å². The molecular weight excluding hydrogens is 401 g/mol. The molecule has 0 amide bonds. The van der Waals surface area contributed by atoms with E-state index in [1.165, 1.54) is 23.3 Å². The van der Waals surface area contributed by atoms with E-state index in [0.717, 1.165) is 48.3 Å². The number of quaternary nitrogens is 1. The summed E-state index contributed by atoms with van der Waals surface area (Å²) in [6.07, 6.45) is 1.78. The van der Waals surface area contributed by atoms with Crippen molar-refractivity contribution in [1.29, 1.82) is 0 Å². The van der Waals surface area contributed by atoms with Gasteiger partial charge in [-0.3, -0.25) is 0 Å². The molecule has 3 rings (SSSR count). The van der Waals surface area contributed by atoms with E-state index in [9.17, 15) is 9.50 Å². The van der Waals surface area contributed by atoms with E-state index in [4.69, 9.17) is 4.74 Å². The van der Waals surface area contributed by atoms with E-state index in [1.807, 2.05) is 12.1 Å². The van der Waals surface area contributed by atoms with Crippen molar-refractivity contribution in [1.82, 2.24) is 0 Å². The van der Waals surface area contributed by atoms with Gasteiger partial charge in [-0.15, -0.1) is 0 Å². The fourth-order valence-corrected chi connectivity index (χ4v) is 4.78. The minimum Gasteiger partial charge on any atom is -0.490 e. The van der Waals surface area contributed by atoms with E-state index < -0.39 is 6.10 Å². The van der Waals surface area contributed by atoms with Crippen molar-refractivity contribution in [2.75, 3.05) is 26.2 Å². The van der Waals surface area contributed by atoms with Crippen LogP contribution in [-0.2, 0) is 17.4 Å². The molecule has 0 saturated carbocycles. The molecule has 0 bridgehead atoms. The molecule has 1 atom stereocenters. The number of benzene rings is 2. The van der Waals surface area contributed by atoms with Crippen molar-refractivity contribution in [3.63, 3.8) is 0 Å². The zero-order valence-electron chi connectivity index (χ0n) is 20.7. The largest absolute Gasteiger partial charge is 0.490 e. The van der Waals surface area contributed by atoms with Gasteiger partial charge in [-0.25, -0.2) is 4.39 Å². The van der Waals surface area contributed by atoms with Crippen LogP contribution in [0.1, 0.15) is 71.1 Å². The van der Waals surface area contributed by atoms with Gasteiger partial charge >= 0.3 is 0 Å². The molecule has 0 aromatic heterocycles. The van der Waals surface area contributed by atoms with Gasteiger partial charge in [-0.2, -0.15) is 0 Å². The average molecular weight is 443 g/mol. The second-order valence-electron chi connectivity index (χ2n) is 11.6. The Balaban J connectivity index is 1.70. The molecule has 2 aromatic carbocycles. The minimum absolute atomic E-state index is 0.0487. The lowest BCUT2D eigenvalue weighted by atomic mass is 9.80. The lowest BCUT2D eigenvalue weighted by molar-refractivity contribution is -0.932. The lowest BCUT2D eigenvalue weighted by Crippen LogP contribution is -2.50. The molecule has 3 nitrogen and oxygen atoms in total. The fourth-order valence-electron chi connectivity index (χ4n) is 4.78. The van der Waals surface area contributed by atoms with Crippen LogP contribution >= 0.6 is 0 Å². The molecular formula is C28H41FNO2+. The molecule has 0 radical (unpaired) electrons. The molecule has 1 fully saturated rings. The number of ether oxygens (including phenoxy) is 1. The fraction of sp³-hybridized carbons (Fsp3) is 0.571. The number of hydrogen-bond donors (Lipinski definition) is 1. The first-order chi connectivity index (χ1) is 14.9. The number of aliphatic hydroxyl groups is 1. The molecule has 1 saturated heterocycles. The number of aliphatic hydroxyl groups excluding tert-OH is 1. The summed E-state index contributed by atoms with van der Waals surface area (Å²) in [5.74, 6) is 0.651. The zero-order valence-corrected chi connectivity index (χ0v) is 20.7. The van der Waals surface area contributed by atoms with Crippen molar-refractivity contribution in [3.8, 4) is 5.75 Å². The normalized spacial score (nSPS) is 17.4. The van der Waals surface area contributed by atoms with Gasteiger partial charge in [-0.1, -0.05) is 65.8 Å². The molecule has 1 N–H and O–H groups in total. The highest BCUT2D eigenvalue weighted by Gasteiger charge is 2.35. The summed E-state index contributed by atoms with van der Waals surface area (Å²) in [6.45, 7) is 17.1. The Bertz CT molecular complexity index is 887. The lowest BCUT2D eigenvalue weighted by Gasteiger charge is -2.36. The average Bonchev–Trinajstić information content (AvgIpc) is 3.14. The third kappa shape index (κ3) is 6.32. The van der Waals surface area contributed by atoms with Gasteiger partial charge in [0.05, 0.1) is 13.1 Å². The van der Waals surface area contributed by atoms with Crippen LogP contribution in [0.25, 0.3) is 0 Å². The first-order valence-corrected chi connectivity index (χ1v) is 11.9. The predicted octanol–water partition coefficient (Wildman–Crippen LogP) is 5.97. The number of hydrogen-bond acceptors (Lipinski definition) is 2. The summed E-state index contributed by atoms with van der Waals surface area (Å²) in [5.41, 5.74) is 3.61. The molecule has 1 aliphatic heterocycles. The summed E-state index contributed by atoms with van der Waals surface area (Å²) >= 11 is 0. The van der Waals surface area contributed by atoms with Crippen LogP contribution in [0, 0.1) is 5.82 Å². The topological polar surface area (TPSA) is 29.5 Å². The highest BCUT2D eigenvalue weighted by Crippen LogP contribution is 2.35. The van der Waals surface area contributed by atoms with Crippen molar-refractivity contribution < 1.29 is 18.7 Å². The molecule has 1 aliphatic rings. The monoisotopic (exact) mass is 442 g/mol. The molecule has 1 heterocycles. The van der Waals surface area contributed by atoms with E-state index in [0.29, 0.717) is 6.54 Å². The number of nitrogens with zero attached hydrogens (tertiary/aromatic N) is 1. The van der Waals surface area contributed by atoms with Crippen LogP contribution in [0.5, 0.6) is 5.75 Å². The Morgan fingerprint density at radius 1 is 0.938 bits per heavy atom. The number of likely N-dealkylation sites (tertiary alicyclic amines) is 1. The standard InChI is InChI=1S/C28H41FNO2/c1-27(2,3)22-11-14-26(25(17-22)28(4,5)6)32-20-24(31)19-30(15-7-8-16-30)18-21-9-12-23(29)13-10-21/h9-14,17,24,31H,7-8,15-16,18-20H2,1-6H3/q+1. The van der Waals surface area contributed by atoms with Crippen LogP contribution in [-0.4, -0.2) is 41.9 Å². The molecule has 4 heteroatoms. The first kappa shape index (κ1) is 24.7. The summed E-state index contributed by atoms with van der Waals surface area (Å²) < 4.78 is 20.4. The molecule has 1 unspecified atom stereocenters. The van der Waals surface area contributed by atoms with Crippen LogP contribution in [0.15, 0.2) is 42.5 Å². The second-order valence-corrected chi connectivity index (χ2v) is 11.6. The second kappa shape index (κ2) is 9.52. The van der Waals surface area contributed by atoms with Crippen LogP contribution in [0.4, 0.5) is 4.39 Å². The van der Waals surface area contributed by atoms with Gasteiger partial charge in [0.15, 0.2) is 0 Å². The van der Waals surface area contributed by atoms with Crippen molar-refractivity contribution in [3.05, 3.63) is 65.0 Å². The predicted molar refractivity (Wildman–Crippen MR) is 130 cm³/mol. The Hall–Kier alpha value is -1.91. The van der Waals surface area contributed by atoms with Crippen LogP contribution in [0.2, 0.25) is 0 Å². The Morgan fingerprint density at radius 3 is 2.12 bits per heavy atom. The SMILES string of the molecule is CC(C)(C)c1ccc(OCC(O)C[N+]2(Cc3ccc(F)cc3)CCCC2)c(C(C)(C)C)c1. The Labute approximate surface area is 193 Å². The highest BCUT2D eigenvalue weighted by molar-refractivity contribution is 5.43. The summed E-state index contributed by atoms with van der Waals surface area (Å²) in [5, 5.41) is 10.9. The van der Waals surface area contributed by atoms with Gasteiger partial charge in [-0.05, 0) is 40.2 Å². The van der Waals surface area contributed by atoms with E-state index >= 15 is 0 Å². The van der Waals surface area contributed by atoms with Crippen molar-refractivity contribution in [2.24, 2.45) is 0 Å². The number of halogens is 1. The van der Waals surface area contributed by atoms with Gasteiger partial charge in [0.2, 0.25) is 0 Å². The summed E-state index contributed by atoms with van der Waals surface area (Å²) in [7, 11) is 0. The van der Waals surface area contributed by atoms with Gasteiger partial charge in [0.25, 0.3) is 0 Å². The van der Waals surface area contributed by atoms with E-state index in [2.05, 4.69) is 59.7 Å². The Morgan fingerprint density at radius 2 is 1.56 bits per heavy atom. The third-order valence-electron chi connectivity index (χ3n) is 6.63. The molecule has 176 valence electrons. The van der Waals surface area contributed by atoms with Crippen molar-refractivity contribution in [2.45, 2.75) is 77.9 Å². The zero-order chi connectivity index (χ0) is 23.6. The minimum atomic E-state index is -0.552. The maximum absolute atomic E-state index is 13.3. The quantitative estimate of drug-likeness (QED) is 0.535.